The molecule has 7 nitrogen and oxygen atoms in total. The zero-order chi connectivity index (χ0) is 28.4. The molecule has 2 N–H and O–H groups in total. The van der Waals surface area contributed by atoms with Gasteiger partial charge in [0.05, 0.1) is 29.4 Å². The first-order valence-electron chi connectivity index (χ1n) is 12.7. The number of carboxylic acid groups (broad SMARTS) is 1. The lowest BCUT2D eigenvalue weighted by Crippen LogP contribution is -2.26. The molecule has 202 valence electrons. The Morgan fingerprint density at radius 3 is 2.40 bits per heavy atom. The van der Waals surface area contributed by atoms with Gasteiger partial charge in [-0.25, -0.2) is 0 Å². The number of nitrogens with one attached hydrogen (secondary N) is 1. The van der Waals surface area contributed by atoms with Gasteiger partial charge in [0, 0.05) is 50.4 Å². The number of pyridine rings is 1. The Morgan fingerprint density at radius 1 is 0.975 bits per heavy atom. The molecule has 2 heterocycles. The summed E-state index contributed by atoms with van der Waals surface area (Å²) in [6.45, 7) is 4.16. The largest absolute Gasteiger partial charge is 0.481 e. The lowest BCUT2D eigenvalue weighted by atomic mass is 10.0. The molecule has 5 aromatic rings. The number of amides is 1. The highest BCUT2D eigenvalue weighted by atomic mass is 35.5. The molecule has 3 aromatic carbocycles. The van der Waals surface area contributed by atoms with E-state index in [1.54, 1.807) is 24.4 Å². The molecule has 0 saturated heterocycles. The van der Waals surface area contributed by atoms with Crippen LogP contribution in [-0.4, -0.2) is 38.3 Å². The van der Waals surface area contributed by atoms with Crippen LogP contribution in [0.2, 0.25) is 10.0 Å². The van der Waals surface area contributed by atoms with E-state index >= 15 is 0 Å². The van der Waals surface area contributed by atoms with Crippen LogP contribution in [-0.2, 0) is 4.79 Å². The molecule has 1 unspecified atom stereocenters. The first-order chi connectivity index (χ1) is 19.2. The summed E-state index contributed by atoms with van der Waals surface area (Å²) < 4.78 is 1.99. The quantitative estimate of drug-likeness (QED) is 0.205. The molecular formula is C31H26Cl2N4O3. The van der Waals surface area contributed by atoms with E-state index in [-0.39, 0.29) is 24.9 Å². The van der Waals surface area contributed by atoms with Gasteiger partial charge in [0.25, 0.3) is 5.91 Å². The van der Waals surface area contributed by atoms with Gasteiger partial charge in [0.1, 0.15) is 0 Å². The van der Waals surface area contributed by atoms with E-state index in [1.165, 1.54) is 0 Å². The third kappa shape index (κ3) is 5.71. The van der Waals surface area contributed by atoms with Crippen LogP contribution in [0.5, 0.6) is 0 Å². The predicted molar refractivity (Wildman–Crippen MR) is 158 cm³/mol. The molecule has 1 amide bonds. The second-order valence-electron chi connectivity index (χ2n) is 9.53. The number of aliphatic carboxylic acids is 1. The van der Waals surface area contributed by atoms with Gasteiger partial charge in [-0.1, -0.05) is 47.5 Å². The van der Waals surface area contributed by atoms with E-state index < -0.39 is 5.97 Å². The van der Waals surface area contributed by atoms with Crippen LogP contribution in [0.4, 0.5) is 0 Å². The standard InChI is InChI=1S/C31H26Cl2N4O3/c1-18-29(24-15-25(32)17-26(33)16-24)36-37(30(18)23-9-10-27-22(14-23)4-3-12-34-27)19(2)20-5-7-21(8-6-20)31(40)35-13-11-28(38)39/h3-10,12,14-17,19H,11,13H2,1-2H3,(H,35,40)(H,38,39). The van der Waals surface area contributed by atoms with Crippen LogP contribution in [0.25, 0.3) is 33.4 Å². The van der Waals surface area contributed by atoms with Crippen molar-refractivity contribution >= 4 is 46.0 Å². The molecule has 1 atom stereocenters. The Labute approximate surface area is 241 Å². The van der Waals surface area contributed by atoms with Gasteiger partial charge in [0.15, 0.2) is 0 Å². The Balaban J connectivity index is 1.56. The highest BCUT2D eigenvalue weighted by molar-refractivity contribution is 6.35. The zero-order valence-electron chi connectivity index (χ0n) is 21.9. The Hall–Kier alpha value is -4.20. The molecule has 9 heteroatoms. The summed E-state index contributed by atoms with van der Waals surface area (Å²) >= 11 is 12.7. The van der Waals surface area contributed by atoms with Crippen molar-refractivity contribution < 1.29 is 14.7 Å². The van der Waals surface area contributed by atoms with Crippen molar-refractivity contribution in [2.45, 2.75) is 26.3 Å². The van der Waals surface area contributed by atoms with E-state index in [0.717, 1.165) is 44.5 Å². The second-order valence-corrected chi connectivity index (χ2v) is 10.4. The second kappa shape index (κ2) is 11.5. The molecule has 40 heavy (non-hydrogen) atoms. The molecule has 0 bridgehead atoms. The SMILES string of the molecule is Cc1c(-c2cc(Cl)cc(Cl)c2)nn(C(C)c2ccc(C(=O)NCCC(=O)O)cc2)c1-c1ccc2ncccc2c1. The number of benzene rings is 3. The number of carbonyl (C=O) groups is 2. The summed E-state index contributed by atoms with van der Waals surface area (Å²) in [5, 5.41) is 18.6. The van der Waals surface area contributed by atoms with Crippen molar-refractivity contribution in [3.63, 3.8) is 0 Å². The number of aromatic nitrogens is 3. The first-order valence-corrected chi connectivity index (χ1v) is 13.5. The van der Waals surface area contributed by atoms with Crippen LogP contribution in [0.3, 0.4) is 0 Å². The lowest BCUT2D eigenvalue weighted by molar-refractivity contribution is -0.136. The van der Waals surface area contributed by atoms with Crippen LogP contribution in [0, 0.1) is 6.92 Å². The van der Waals surface area contributed by atoms with E-state index in [4.69, 9.17) is 33.4 Å². The fraction of sp³-hybridized carbons (Fsp3) is 0.161. The van der Waals surface area contributed by atoms with Crippen LogP contribution in [0.15, 0.2) is 79.0 Å². The minimum absolute atomic E-state index is 0.0693. The van der Waals surface area contributed by atoms with Crippen molar-refractivity contribution in [2.75, 3.05) is 6.54 Å². The molecule has 0 fully saturated rings. The predicted octanol–water partition coefficient (Wildman–Crippen LogP) is 7.19. The van der Waals surface area contributed by atoms with Crippen LogP contribution < -0.4 is 5.32 Å². The lowest BCUT2D eigenvalue weighted by Gasteiger charge is -2.18. The first kappa shape index (κ1) is 27.4. The fourth-order valence-corrected chi connectivity index (χ4v) is 5.30. The minimum atomic E-state index is -0.961. The molecule has 0 aliphatic heterocycles. The van der Waals surface area contributed by atoms with Crippen molar-refractivity contribution in [1.82, 2.24) is 20.1 Å². The van der Waals surface area contributed by atoms with Crippen LogP contribution >= 0.6 is 23.2 Å². The smallest absolute Gasteiger partial charge is 0.305 e. The summed E-state index contributed by atoms with van der Waals surface area (Å²) in [4.78, 5) is 27.6. The summed E-state index contributed by atoms with van der Waals surface area (Å²) in [6.07, 6.45) is 1.64. The van der Waals surface area contributed by atoms with Gasteiger partial charge >= 0.3 is 5.97 Å². The number of carbonyl (C=O) groups excluding carboxylic acids is 1. The number of fused-ring (bicyclic) bond motifs is 1. The van der Waals surface area contributed by atoms with E-state index in [9.17, 15) is 9.59 Å². The van der Waals surface area contributed by atoms with Gasteiger partial charge in [-0.15, -0.1) is 0 Å². The number of carboxylic acids is 1. The summed E-state index contributed by atoms with van der Waals surface area (Å²) in [5.74, 6) is -1.28. The maximum Gasteiger partial charge on any atom is 0.305 e. The van der Waals surface area contributed by atoms with Gasteiger partial charge in [-0.05, 0) is 67.9 Å². The average molecular weight is 573 g/mol. The molecule has 0 radical (unpaired) electrons. The van der Waals surface area contributed by atoms with Gasteiger partial charge in [0.2, 0.25) is 0 Å². The maximum absolute atomic E-state index is 12.4. The molecule has 5 rings (SSSR count). The van der Waals surface area contributed by atoms with E-state index in [1.807, 2.05) is 60.1 Å². The molecule has 0 spiro atoms. The summed E-state index contributed by atoms with van der Waals surface area (Å²) in [5.41, 5.74) is 6.80. The monoisotopic (exact) mass is 572 g/mol. The van der Waals surface area contributed by atoms with E-state index in [2.05, 4.69) is 23.3 Å². The minimum Gasteiger partial charge on any atom is -0.481 e. The average Bonchev–Trinajstić information content (AvgIpc) is 3.28. The third-order valence-electron chi connectivity index (χ3n) is 6.81. The Morgan fingerprint density at radius 2 is 1.70 bits per heavy atom. The van der Waals surface area contributed by atoms with Crippen molar-refractivity contribution in [3.05, 3.63) is 106 Å². The third-order valence-corrected chi connectivity index (χ3v) is 7.24. The van der Waals surface area contributed by atoms with Crippen molar-refractivity contribution in [3.8, 4) is 22.5 Å². The molecule has 2 aromatic heterocycles. The topological polar surface area (TPSA) is 97.1 Å². The van der Waals surface area contributed by atoms with Gasteiger partial charge < -0.3 is 10.4 Å². The fourth-order valence-electron chi connectivity index (χ4n) is 4.77. The molecule has 0 aliphatic carbocycles. The number of rotatable bonds is 8. The molecule has 0 saturated carbocycles. The number of halogens is 2. The van der Waals surface area contributed by atoms with Crippen molar-refractivity contribution in [2.24, 2.45) is 0 Å². The Kier molecular flexibility index (Phi) is 7.87. The van der Waals surface area contributed by atoms with Gasteiger partial charge in [-0.2, -0.15) is 5.10 Å². The van der Waals surface area contributed by atoms with E-state index in [0.29, 0.717) is 15.6 Å². The zero-order valence-corrected chi connectivity index (χ0v) is 23.4. The molecule has 0 aliphatic rings. The number of nitrogens with zero attached hydrogens (tertiary/aromatic N) is 3. The molecular weight excluding hydrogens is 547 g/mol. The van der Waals surface area contributed by atoms with Crippen LogP contribution in [0.1, 0.15) is 40.9 Å². The highest BCUT2D eigenvalue weighted by Crippen LogP contribution is 2.37. The summed E-state index contributed by atoms with van der Waals surface area (Å²) in [6, 6.07) is 22.5. The highest BCUT2D eigenvalue weighted by Gasteiger charge is 2.23. The number of hydrogen-bond donors (Lipinski definition) is 2. The number of hydrogen-bond acceptors (Lipinski definition) is 4. The Bertz CT molecular complexity index is 1710. The van der Waals surface area contributed by atoms with Gasteiger partial charge in [-0.3, -0.25) is 19.3 Å². The summed E-state index contributed by atoms with van der Waals surface area (Å²) in [7, 11) is 0. The maximum atomic E-state index is 12.4. The van der Waals surface area contributed by atoms with Crippen molar-refractivity contribution in [1.29, 1.82) is 0 Å². The normalized spacial score (nSPS) is 11.9.